The first-order valence-corrected chi connectivity index (χ1v) is 7.03. The Balaban J connectivity index is 0. The molecule has 0 saturated heterocycles. The molecule has 0 aromatic heterocycles. The van der Waals surface area contributed by atoms with Gasteiger partial charge >= 0.3 is 35.1 Å². The van der Waals surface area contributed by atoms with Gasteiger partial charge < -0.3 is 10.3 Å². The highest BCUT2D eigenvalue weighted by atomic mass is 32.2. The number of quaternary nitrogens is 1. The summed E-state index contributed by atoms with van der Waals surface area (Å²) in [7, 11) is -7.86. The van der Waals surface area contributed by atoms with Crippen molar-refractivity contribution >= 4 is 10.1 Å². The zero-order valence-electron chi connectivity index (χ0n) is 12.0. The van der Waals surface area contributed by atoms with Crippen LogP contribution in [0.4, 0.5) is 57.1 Å². The lowest BCUT2D eigenvalue weighted by Gasteiger charge is -2.39. The van der Waals surface area contributed by atoms with Crippen LogP contribution in [-0.4, -0.2) is 54.6 Å². The van der Waals surface area contributed by atoms with E-state index in [0.29, 0.717) is 0 Å². The Morgan fingerprint density at radius 3 is 1.12 bits per heavy atom. The summed E-state index contributed by atoms with van der Waals surface area (Å²) < 4.78 is 189. The predicted octanol–water partition coefficient (Wildman–Crippen LogP) is 2.48. The van der Waals surface area contributed by atoms with Gasteiger partial charge in [0.1, 0.15) is 0 Å². The predicted molar refractivity (Wildman–Crippen MR) is 53.9 cm³/mol. The van der Waals surface area contributed by atoms with Crippen molar-refractivity contribution in [2.45, 2.75) is 42.0 Å². The van der Waals surface area contributed by atoms with E-state index in [1.165, 1.54) is 0 Å². The fourth-order valence-corrected chi connectivity index (χ4v) is 1.35. The highest BCUT2D eigenvalue weighted by Gasteiger charge is 2.91. The molecule has 160 valence electrons. The van der Waals surface area contributed by atoms with Gasteiger partial charge in [-0.25, -0.2) is 8.42 Å². The van der Waals surface area contributed by atoms with Gasteiger partial charge in [0.05, 0.1) is 6.54 Å². The number of alkyl halides is 13. The van der Waals surface area contributed by atoms with E-state index < -0.39 is 45.2 Å². The minimum Gasteiger partial charge on any atom is -0.743 e. The molecule has 0 heterocycles. The summed E-state index contributed by atoms with van der Waals surface area (Å²) in [6, 6.07) is 0. The Kier molecular flexibility index (Phi) is 7.50. The fourth-order valence-electron chi connectivity index (χ4n) is 0.912. The van der Waals surface area contributed by atoms with E-state index in [1.54, 1.807) is 0 Å². The van der Waals surface area contributed by atoms with Crippen molar-refractivity contribution in [3.8, 4) is 0 Å². The van der Waals surface area contributed by atoms with Crippen LogP contribution in [0.15, 0.2) is 0 Å². The van der Waals surface area contributed by atoms with Gasteiger partial charge in [0.2, 0.25) is 0 Å². The molecular formula is C8H8F13NO3S. The van der Waals surface area contributed by atoms with Crippen LogP contribution < -0.4 is 5.73 Å². The molecule has 0 aliphatic rings. The molecule has 0 saturated carbocycles. The van der Waals surface area contributed by atoms with Crippen molar-refractivity contribution in [3.63, 3.8) is 0 Å². The van der Waals surface area contributed by atoms with Gasteiger partial charge in [0.25, 0.3) is 0 Å². The molecule has 3 N–H and O–H groups in total. The Morgan fingerprint density at radius 2 is 0.923 bits per heavy atom. The monoisotopic (exact) mass is 445 g/mol. The van der Waals surface area contributed by atoms with Gasteiger partial charge in [0, 0.05) is 0 Å². The van der Waals surface area contributed by atoms with E-state index in [2.05, 4.69) is 5.73 Å². The average molecular weight is 445 g/mol. The SMILES string of the molecule is CC[NH3+].O=S(=O)([O-])C(F)(F)C(F)(F)C(F)(F)C(F)(F)C(F)(F)C(F)(F)F. The minimum atomic E-state index is -8.29. The Hall–Kier alpha value is -1.04. The van der Waals surface area contributed by atoms with Gasteiger partial charge in [-0.15, -0.1) is 0 Å². The molecule has 0 aromatic carbocycles. The molecule has 18 heteroatoms. The first-order chi connectivity index (χ1) is 10.9. The molecule has 4 nitrogen and oxygen atoms in total. The smallest absolute Gasteiger partial charge is 0.460 e. The van der Waals surface area contributed by atoms with Gasteiger partial charge in [-0.3, -0.25) is 0 Å². The number of hydrogen-bond donors (Lipinski definition) is 1. The maximum Gasteiger partial charge on any atom is 0.460 e. The van der Waals surface area contributed by atoms with Crippen LogP contribution in [0.1, 0.15) is 6.92 Å². The third-order valence-electron chi connectivity index (χ3n) is 2.22. The minimum absolute atomic E-state index is 1.00. The van der Waals surface area contributed by atoms with E-state index in [-0.39, 0.29) is 0 Å². The Morgan fingerprint density at radius 1 is 0.692 bits per heavy atom. The molecule has 0 rings (SSSR count). The van der Waals surface area contributed by atoms with Crippen LogP contribution in [0.25, 0.3) is 0 Å². The first kappa shape index (κ1) is 27.2. The van der Waals surface area contributed by atoms with Crippen molar-refractivity contribution in [2.24, 2.45) is 0 Å². The molecule has 0 fully saturated rings. The maximum atomic E-state index is 12.7. The third-order valence-corrected chi connectivity index (χ3v) is 3.10. The van der Waals surface area contributed by atoms with Crippen LogP contribution in [-0.2, 0) is 10.1 Å². The standard InChI is InChI=1S/C6HF13O3S.C2H7N/c7-1(8,3(11,12)5(15,16)17)2(9,10)4(13,14)6(18,19)23(20,21)22;1-2-3/h(H,20,21,22);2-3H2,1H3. The zero-order chi connectivity index (χ0) is 22.2. The normalized spacial score (nSPS) is 15.4. The highest BCUT2D eigenvalue weighted by molar-refractivity contribution is 7.86. The van der Waals surface area contributed by atoms with Crippen LogP contribution in [0.5, 0.6) is 0 Å². The second kappa shape index (κ2) is 7.17. The van der Waals surface area contributed by atoms with Crippen LogP contribution >= 0.6 is 0 Å². The van der Waals surface area contributed by atoms with Crippen molar-refractivity contribution in [1.29, 1.82) is 0 Å². The molecule has 0 radical (unpaired) electrons. The molecule has 0 aliphatic carbocycles. The highest BCUT2D eigenvalue weighted by Crippen LogP contribution is 2.60. The summed E-state index contributed by atoms with van der Waals surface area (Å²) in [6.07, 6.45) is -7.61. The second-order valence-corrected chi connectivity index (χ2v) is 5.69. The summed E-state index contributed by atoms with van der Waals surface area (Å²) in [5.41, 5.74) is 3.49. The van der Waals surface area contributed by atoms with Gasteiger partial charge in [-0.2, -0.15) is 57.1 Å². The lowest BCUT2D eigenvalue weighted by atomic mass is 9.98. The fraction of sp³-hybridized carbons (Fsp3) is 1.00. The Bertz CT molecular complexity index is 583. The van der Waals surface area contributed by atoms with Crippen molar-refractivity contribution < 1.29 is 75.8 Å². The molecule has 0 bridgehead atoms. The summed E-state index contributed by atoms with van der Waals surface area (Å²) in [5, 5.41) is -7.63. The van der Waals surface area contributed by atoms with Gasteiger partial charge in [-0.1, -0.05) is 0 Å². The molecule has 0 unspecified atom stereocenters. The van der Waals surface area contributed by atoms with E-state index in [0.717, 1.165) is 6.54 Å². The lowest BCUT2D eigenvalue weighted by Crippen LogP contribution is -2.71. The molecule has 0 atom stereocenters. The van der Waals surface area contributed by atoms with Gasteiger partial charge in [0.15, 0.2) is 10.1 Å². The Labute approximate surface area is 135 Å². The number of halogens is 13. The summed E-state index contributed by atoms with van der Waals surface area (Å²) in [4.78, 5) is 0. The van der Waals surface area contributed by atoms with Crippen molar-refractivity contribution in [3.05, 3.63) is 0 Å². The zero-order valence-corrected chi connectivity index (χ0v) is 12.8. The van der Waals surface area contributed by atoms with E-state index in [1.807, 2.05) is 6.92 Å². The van der Waals surface area contributed by atoms with Crippen molar-refractivity contribution in [1.82, 2.24) is 0 Å². The van der Waals surface area contributed by atoms with Crippen molar-refractivity contribution in [2.75, 3.05) is 6.54 Å². The van der Waals surface area contributed by atoms with Crippen LogP contribution in [0, 0.1) is 0 Å². The average Bonchev–Trinajstić information content (AvgIpc) is 2.35. The van der Waals surface area contributed by atoms with E-state index >= 15 is 0 Å². The molecule has 0 spiro atoms. The van der Waals surface area contributed by atoms with Gasteiger partial charge in [-0.05, 0) is 6.92 Å². The quantitative estimate of drug-likeness (QED) is 0.522. The van der Waals surface area contributed by atoms with Crippen LogP contribution in [0.2, 0.25) is 0 Å². The number of rotatable bonds is 5. The van der Waals surface area contributed by atoms with Crippen LogP contribution in [0.3, 0.4) is 0 Å². The summed E-state index contributed by atoms with van der Waals surface area (Å²) in [6.45, 7) is 3.01. The second-order valence-electron chi connectivity index (χ2n) is 4.27. The third kappa shape index (κ3) is 3.95. The molecule has 26 heavy (non-hydrogen) atoms. The number of hydrogen-bond acceptors (Lipinski definition) is 3. The molecular weight excluding hydrogens is 437 g/mol. The summed E-state index contributed by atoms with van der Waals surface area (Å²) in [5.74, 6) is -32.6. The topological polar surface area (TPSA) is 84.8 Å². The maximum absolute atomic E-state index is 12.7. The molecule has 0 aliphatic heterocycles. The lowest BCUT2D eigenvalue weighted by molar-refractivity contribution is -0.433. The molecule has 0 aromatic rings. The summed E-state index contributed by atoms with van der Waals surface area (Å²) >= 11 is 0. The first-order valence-electron chi connectivity index (χ1n) is 5.62. The van der Waals surface area contributed by atoms with E-state index in [9.17, 15) is 70.0 Å². The largest absolute Gasteiger partial charge is 0.743 e. The molecule has 0 amide bonds. The van der Waals surface area contributed by atoms with E-state index in [4.69, 9.17) is 0 Å².